The van der Waals surface area contributed by atoms with Crippen LogP contribution in [0.2, 0.25) is 0 Å². The number of rotatable bonds is 3. The largest absolute Gasteiger partial charge is 0.493 e. The third kappa shape index (κ3) is 5.41. The number of hydrogen-bond donors (Lipinski definition) is 0. The molecule has 0 bridgehead atoms. The lowest BCUT2D eigenvalue weighted by atomic mass is 9.98. The van der Waals surface area contributed by atoms with Gasteiger partial charge in [-0.15, -0.1) is 0 Å². The number of nitriles is 1. The number of likely N-dealkylation sites (tertiary alicyclic amines) is 1. The minimum atomic E-state index is -0.461. The van der Waals surface area contributed by atoms with E-state index in [2.05, 4.69) is 22.0 Å². The van der Waals surface area contributed by atoms with E-state index in [1.165, 1.54) is 0 Å². The molecule has 6 heteroatoms. The van der Waals surface area contributed by atoms with Crippen molar-refractivity contribution in [1.82, 2.24) is 4.90 Å². The zero-order chi connectivity index (χ0) is 17.7. The summed E-state index contributed by atoms with van der Waals surface area (Å²) in [5.41, 5.74) is 0.101. The molecule has 1 aliphatic heterocycles. The summed E-state index contributed by atoms with van der Waals surface area (Å²) in [4.78, 5) is 13.8. The molecule has 130 valence electrons. The van der Waals surface area contributed by atoms with Crippen molar-refractivity contribution in [1.29, 1.82) is 5.26 Å². The van der Waals surface area contributed by atoms with Gasteiger partial charge in [0.15, 0.2) is 0 Å². The Hall–Kier alpha value is -1.74. The number of halogens is 1. The van der Waals surface area contributed by atoms with Crippen molar-refractivity contribution in [3.8, 4) is 11.8 Å². The van der Waals surface area contributed by atoms with Crippen LogP contribution in [0.5, 0.6) is 5.75 Å². The zero-order valence-electron chi connectivity index (χ0n) is 14.3. The van der Waals surface area contributed by atoms with Crippen molar-refractivity contribution in [3.05, 3.63) is 28.2 Å². The van der Waals surface area contributed by atoms with Crippen LogP contribution < -0.4 is 4.74 Å². The Morgan fingerprint density at radius 2 is 2.04 bits per heavy atom. The average Bonchev–Trinajstić information content (AvgIpc) is 2.53. The number of amides is 1. The second-order valence-corrected chi connectivity index (χ2v) is 7.83. The molecule has 0 saturated carbocycles. The highest BCUT2D eigenvalue weighted by atomic mass is 79.9. The van der Waals surface area contributed by atoms with E-state index in [1.54, 1.807) is 11.0 Å². The molecule has 24 heavy (non-hydrogen) atoms. The molecule has 0 atom stereocenters. The summed E-state index contributed by atoms with van der Waals surface area (Å²) in [6.45, 7) is 7.59. The first kappa shape index (κ1) is 18.6. The lowest BCUT2D eigenvalue weighted by Crippen LogP contribution is -2.42. The SMILES string of the molecule is CC(C)(C)OC(=O)N1CCC(COc2ccc(Br)c(C#N)c2)CC1. The van der Waals surface area contributed by atoms with Crippen LogP contribution in [0.4, 0.5) is 4.79 Å². The highest BCUT2D eigenvalue weighted by Gasteiger charge is 2.27. The molecule has 2 rings (SSSR count). The summed E-state index contributed by atoms with van der Waals surface area (Å²) in [5, 5.41) is 9.04. The van der Waals surface area contributed by atoms with E-state index in [0.29, 0.717) is 36.9 Å². The van der Waals surface area contributed by atoms with Crippen LogP contribution in [0, 0.1) is 17.2 Å². The highest BCUT2D eigenvalue weighted by molar-refractivity contribution is 9.10. The summed E-state index contributed by atoms with van der Waals surface area (Å²) < 4.78 is 12.0. The van der Waals surface area contributed by atoms with Crippen LogP contribution in [-0.4, -0.2) is 36.3 Å². The van der Waals surface area contributed by atoms with Crippen molar-refractivity contribution < 1.29 is 14.3 Å². The Kier molecular flexibility index (Phi) is 6.11. The fourth-order valence-electron chi connectivity index (χ4n) is 2.50. The molecule has 0 aliphatic carbocycles. The van der Waals surface area contributed by atoms with Crippen molar-refractivity contribution in [3.63, 3.8) is 0 Å². The molecule has 1 aromatic rings. The first-order chi connectivity index (χ1) is 11.3. The second-order valence-electron chi connectivity index (χ2n) is 6.98. The first-order valence-corrected chi connectivity index (χ1v) is 8.88. The zero-order valence-corrected chi connectivity index (χ0v) is 15.9. The Balaban J connectivity index is 1.79. The summed E-state index contributed by atoms with van der Waals surface area (Å²) >= 11 is 3.33. The van der Waals surface area contributed by atoms with Crippen LogP contribution >= 0.6 is 15.9 Å². The molecule has 0 N–H and O–H groups in total. The van der Waals surface area contributed by atoms with Crippen molar-refractivity contribution in [2.45, 2.75) is 39.2 Å². The second kappa shape index (κ2) is 7.89. The van der Waals surface area contributed by atoms with E-state index in [-0.39, 0.29) is 6.09 Å². The van der Waals surface area contributed by atoms with Gasteiger partial charge in [-0.1, -0.05) is 0 Å². The van der Waals surface area contributed by atoms with E-state index in [1.807, 2.05) is 32.9 Å². The average molecular weight is 395 g/mol. The minimum Gasteiger partial charge on any atom is -0.493 e. The van der Waals surface area contributed by atoms with Crippen LogP contribution in [0.25, 0.3) is 0 Å². The first-order valence-electron chi connectivity index (χ1n) is 8.09. The van der Waals surface area contributed by atoms with Crippen molar-refractivity contribution >= 4 is 22.0 Å². The van der Waals surface area contributed by atoms with Gasteiger partial charge in [0.1, 0.15) is 17.4 Å². The molecule has 5 nitrogen and oxygen atoms in total. The number of nitrogens with zero attached hydrogens (tertiary/aromatic N) is 2. The molecule has 0 aromatic heterocycles. The predicted molar refractivity (Wildman–Crippen MR) is 94.9 cm³/mol. The molecule has 1 saturated heterocycles. The summed E-state index contributed by atoms with van der Waals surface area (Å²) in [7, 11) is 0. The van der Waals surface area contributed by atoms with Gasteiger partial charge in [-0.2, -0.15) is 5.26 Å². The molecule has 1 aromatic carbocycles. The summed E-state index contributed by atoms with van der Waals surface area (Å²) in [6.07, 6.45) is 1.54. The number of benzene rings is 1. The van der Waals surface area contributed by atoms with Crippen LogP contribution in [0.15, 0.2) is 22.7 Å². The molecule has 1 amide bonds. The number of carbonyl (C=O) groups is 1. The van der Waals surface area contributed by atoms with Gasteiger partial charge in [-0.3, -0.25) is 0 Å². The highest BCUT2D eigenvalue weighted by Crippen LogP contribution is 2.24. The molecule has 0 spiro atoms. The maximum absolute atomic E-state index is 12.0. The molecular weight excluding hydrogens is 372 g/mol. The summed E-state index contributed by atoms with van der Waals surface area (Å²) in [5.74, 6) is 1.10. The van der Waals surface area contributed by atoms with E-state index in [4.69, 9.17) is 14.7 Å². The van der Waals surface area contributed by atoms with E-state index in [9.17, 15) is 4.79 Å². The monoisotopic (exact) mass is 394 g/mol. The fraction of sp³-hybridized carbons (Fsp3) is 0.556. The third-order valence-electron chi connectivity index (χ3n) is 3.81. The van der Waals surface area contributed by atoms with Gasteiger partial charge in [0, 0.05) is 17.6 Å². The Labute approximate surface area is 151 Å². The summed E-state index contributed by atoms with van der Waals surface area (Å²) in [6, 6.07) is 7.53. The molecule has 1 heterocycles. The quantitative estimate of drug-likeness (QED) is 0.764. The lowest BCUT2D eigenvalue weighted by molar-refractivity contribution is 0.0165. The van der Waals surface area contributed by atoms with Gasteiger partial charge in [0.05, 0.1) is 12.2 Å². The predicted octanol–water partition coefficient (Wildman–Crippen LogP) is 4.35. The number of piperidine rings is 1. The molecule has 0 radical (unpaired) electrons. The van der Waals surface area contributed by atoms with E-state index in [0.717, 1.165) is 17.3 Å². The number of carbonyl (C=O) groups excluding carboxylic acids is 1. The van der Waals surface area contributed by atoms with Gasteiger partial charge in [0.2, 0.25) is 0 Å². The van der Waals surface area contributed by atoms with Gasteiger partial charge >= 0.3 is 6.09 Å². The van der Waals surface area contributed by atoms with Crippen molar-refractivity contribution in [2.24, 2.45) is 5.92 Å². The molecule has 0 unspecified atom stereocenters. The van der Waals surface area contributed by atoms with Crippen LogP contribution in [0.1, 0.15) is 39.2 Å². The van der Waals surface area contributed by atoms with E-state index >= 15 is 0 Å². The van der Waals surface area contributed by atoms with Gasteiger partial charge in [0.25, 0.3) is 0 Å². The van der Waals surface area contributed by atoms with Crippen LogP contribution in [-0.2, 0) is 4.74 Å². The number of hydrogen-bond acceptors (Lipinski definition) is 4. The smallest absolute Gasteiger partial charge is 0.410 e. The van der Waals surface area contributed by atoms with Gasteiger partial charge < -0.3 is 14.4 Å². The Morgan fingerprint density at radius 3 is 2.62 bits per heavy atom. The topological polar surface area (TPSA) is 62.6 Å². The van der Waals surface area contributed by atoms with Gasteiger partial charge in [-0.25, -0.2) is 4.79 Å². The number of ether oxygens (including phenoxy) is 2. The Bertz CT molecular complexity index is 626. The lowest BCUT2D eigenvalue weighted by Gasteiger charge is -2.33. The van der Waals surface area contributed by atoms with Gasteiger partial charge in [-0.05, 0) is 73.7 Å². The maximum atomic E-state index is 12.0. The maximum Gasteiger partial charge on any atom is 0.410 e. The Morgan fingerprint density at radius 1 is 1.38 bits per heavy atom. The van der Waals surface area contributed by atoms with Crippen molar-refractivity contribution in [2.75, 3.05) is 19.7 Å². The van der Waals surface area contributed by atoms with E-state index < -0.39 is 5.60 Å². The normalized spacial score (nSPS) is 15.7. The standard InChI is InChI=1S/C18H23BrN2O3/c1-18(2,3)24-17(22)21-8-6-13(7-9-21)12-23-15-4-5-16(19)14(10-15)11-20/h4-5,10,13H,6-9,12H2,1-3H3. The molecular formula is C18H23BrN2O3. The fourth-order valence-corrected chi connectivity index (χ4v) is 2.84. The minimum absolute atomic E-state index is 0.242. The molecule has 1 fully saturated rings. The van der Waals surface area contributed by atoms with Crippen LogP contribution in [0.3, 0.4) is 0 Å². The third-order valence-corrected chi connectivity index (χ3v) is 4.50. The molecule has 1 aliphatic rings.